The molecule has 1 atom stereocenters. The van der Waals surface area contributed by atoms with Crippen LogP contribution in [-0.2, 0) is 25.7 Å². The standard InChI is InChI=1S/C21H27N3O6S/c1-15-13-28-14-18(15)20(26)22-17-4-8-29-21(12-17)6-10-31(27,11-7-21)24-19(25)3-2-16-5-9-30-23-16/h5,9,13-14,17H,2-4,6-8,10-12H2,1H3,(H,22,26). The molecule has 10 heteroatoms. The number of amides is 2. The highest BCUT2D eigenvalue weighted by Gasteiger charge is 2.42. The van der Waals surface area contributed by atoms with E-state index in [9.17, 15) is 13.8 Å². The van der Waals surface area contributed by atoms with Gasteiger partial charge in [-0.3, -0.25) is 9.59 Å². The third kappa shape index (κ3) is 5.24. The van der Waals surface area contributed by atoms with Gasteiger partial charge in [-0.15, -0.1) is 0 Å². The average Bonchev–Trinajstić information content (AvgIpc) is 3.41. The van der Waals surface area contributed by atoms with E-state index in [-0.39, 0.29) is 24.3 Å². The molecule has 0 bridgehead atoms. The highest BCUT2D eigenvalue weighted by molar-refractivity contribution is 7.93. The minimum atomic E-state index is -2.59. The van der Waals surface area contributed by atoms with Crippen molar-refractivity contribution in [1.82, 2.24) is 10.5 Å². The molecule has 2 aliphatic rings. The van der Waals surface area contributed by atoms with Crippen LogP contribution in [0.5, 0.6) is 0 Å². The number of rotatable bonds is 5. The molecule has 2 saturated heterocycles. The molecule has 2 aromatic rings. The lowest BCUT2D eigenvalue weighted by Crippen LogP contribution is -2.52. The molecule has 2 amide bonds. The number of hydrogen-bond donors (Lipinski definition) is 1. The Morgan fingerprint density at radius 3 is 2.81 bits per heavy atom. The first-order chi connectivity index (χ1) is 14.9. The summed E-state index contributed by atoms with van der Waals surface area (Å²) in [4.78, 5) is 24.7. The van der Waals surface area contributed by atoms with Gasteiger partial charge in [0, 0.05) is 43.1 Å². The van der Waals surface area contributed by atoms with E-state index in [0.717, 1.165) is 12.0 Å². The van der Waals surface area contributed by atoms with E-state index in [1.165, 1.54) is 12.5 Å². The Hall–Kier alpha value is -2.46. The molecule has 0 aliphatic carbocycles. The van der Waals surface area contributed by atoms with Crippen molar-refractivity contribution in [2.75, 3.05) is 18.1 Å². The Morgan fingerprint density at radius 2 is 2.13 bits per heavy atom. The summed E-state index contributed by atoms with van der Waals surface area (Å²) in [6.45, 7) is 2.36. The Kier molecular flexibility index (Phi) is 6.29. The van der Waals surface area contributed by atoms with Gasteiger partial charge in [-0.25, -0.2) is 4.21 Å². The number of aryl methyl sites for hydroxylation is 2. The van der Waals surface area contributed by atoms with E-state index in [2.05, 4.69) is 14.8 Å². The molecule has 1 N–H and O–H groups in total. The molecular weight excluding hydrogens is 422 g/mol. The Morgan fingerprint density at radius 1 is 1.32 bits per heavy atom. The van der Waals surface area contributed by atoms with Gasteiger partial charge in [-0.2, -0.15) is 4.36 Å². The maximum absolute atomic E-state index is 13.1. The maximum Gasteiger partial charge on any atom is 0.255 e. The summed E-state index contributed by atoms with van der Waals surface area (Å²) < 4.78 is 33.1. The summed E-state index contributed by atoms with van der Waals surface area (Å²) in [6, 6.07) is 1.67. The van der Waals surface area contributed by atoms with E-state index in [0.29, 0.717) is 55.1 Å². The van der Waals surface area contributed by atoms with Crippen molar-refractivity contribution in [2.24, 2.45) is 4.36 Å². The minimum absolute atomic E-state index is 0.0225. The lowest BCUT2D eigenvalue weighted by Gasteiger charge is -2.44. The number of furan rings is 1. The third-order valence-corrected chi connectivity index (χ3v) is 8.26. The van der Waals surface area contributed by atoms with Crippen LogP contribution in [0, 0.1) is 6.92 Å². The first-order valence-electron chi connectivity index (χ1n) is 10.5. The monoisotopic (exact) mass is 449 g/mol. The zero-order chi connectivity index (χ0) is 21.9. The van der Waals surface area contributed by atoms with Crippen molar-refractivity contribution in [2.45, 2.75) is 57.1 Å². The second-order valence-corrected chi connectivity index (χ2v) is 10.9. The van der Waals surface area contributed by atoms with Crippen LogP contribution in [0.1, 0.15) is 53.7 Å². The predicted octanol–water partition coefficient (Wildman–Crippen LogP) is 2.64. The fraction of sp³-hybridized carbons (Fsp3) is 0.571. The molecular formula is C21H27N3O6S. The van der Waals surface area contributed by atoms with Crippen molar-refractivity contribution >= 4 is 21.5 Å². The van der Waals surface area contributed by atoms with Gasteiger partial charge < -0.3 is 19.0 Å². The Labute approximate surface area is 181 Å². The molecule has 4 rings (SSSR count). The fourth-order valence-corrected chi connectivity index (χ4v) is 6.43. The molecule has 1 spiro atoms. The minimum Gasteiger partial charge on any atom is -0.471 e. The van der Waals surface area contributed by atoms with Crippen LogP contribution in [0.2, 0.25) is 0 Å². The first kappa shape index (κ1) is 21.8. The van der Waals surface area contributed by atoms with Crippen molar-refractivity contribution in [3.8, 4) is 0 Å². The van der Waals surface area contributed by atoms with Crippen molar-refractivity contribution in [3.63, 3.8) is 0 Å². The summed E-state index contributed by atoms with van der Waals surface area (Å²) in [5.74, 6) is 0.128. The quantitative estimate of drug-likeness (QED) is 0.744. The van der Waals surface area contributed by atoms with Gasteiger partial charge in [-0.05, 0) is 38.2 Å². The lowest BCUT2D eigenvalue weighted by molar-refractivity contribution is -0.117. The van der Waals surface area contributed by atoms with E-state index in [1.807, 2.05) is 6.92 Å². The smallest absolute Gasteiger partial charge is 0.255 e. The molecule has 0 radical (unpaired) electrons. The van der Waals surface area contributed by atoms with Crippen LogP contribution in [-0.4, -0.2) is 50.9 Å². The summed E-state index contributed by atoms with van der Waals surface area (Å²) in [5.41, 5.74) is 1.58. The van der Waals surface area contributed by atoms with Gasteiger partial charge in [-0.1, -0.05) is 5.16 Å². The molecule has 0 saturated carbocycles. The molecule has 9 nitrogen and oxygen atoms in total. The number of aromatic nitrogens is 1. The molecule has 4 heterocycles. The van der Waals surface area contributed by atoms with E-state index in [1.54, 1.807) is 12.3 Å². The Bertz CT molecular complexity index is 1040. The fourth-order valence-electron chi connectivity index (χ4n) is 4.20. The van der Waals surface area contributed by atoms with E-state index >= 15 is 0 Å². The number of nitrogens with zero attached hydrogens (tertiary/aromatic N) is 2. The molecule has 31 heavy (non-hydrogen) atoms. The highest BCUT2D eigenvalue weighted by Crippen LogP contribution is 2.36. The number of hydrogen-bond acceptors (Lipinski definition) is 7. The largest absolute Gasteiger partial charge is 0.471 e. The second-order valence-electron chi connectivity index (χ2n) is 8.32. The highest BCUT2D eigenvalue weighted by atomic mass is 32.2. The topological polar surface area (TPSA) is 124 Å². The van der Waals surface area contributed by atoms with Crippen LogP contribution >= 0.6 is 0 Å². The van der Waals surface area contributed by atoms with Gasteiger partial charge in [0.25, 0.3) is 11.8 Å². The summed E-state index contributed by atoms with van der Waals surface area (Å²) in [6.07, 6.45) is 7.53. The number of ether oxygens (including phenoxy) is 1. The van der Waals surface area contributed by atoms with Crippen LogP contribution < -0.4 is 5.32 Å². The Balaban J connectivity index is 1.33. The SMILES string of the molecule is Cc1cocc1C(=O)NC1CCOC2(CCS(=O)(=NC(=O)CCc3ccon3)CC2)C1. The third-order valence-electron chi connectivity index (χ3n) is 6.04. The van der Waals surface area contributed by atoms with Crippen LogP contribution in [0.15, 0.2) is 38.2 Å². The van der Waals surface area contributed by atoms with Crippen molar-refractivity contribution in [3.05, 3.63) is 41.7 Å². The normalized spacial score (nSPS) is 28.4. The summed E-state index contributed by atoms with van der Waals surface area (Å²) in [7, 11) is -2.59. The molecule has 2 aromatic heterocycles. The second kappa shape index (κ2) is 8.96. The average molecular weight is 450 g/mol. The van der Waals surface area contributed by atoms with Gasteiger partial charge in [0.2, 0.25) is 0 Å². The molecule has 2 fully saturated rings. The zero-order valence-electron chi connectivity index (χ0n) is 17.5. The van der Waals surface area contributed by atoms with Crippen molar-refractivity contribution < 1.29 is 27.5 Å². The van der Waals surface area contributed by atoms with Gasteiger partial charge >= 0.3 is 0 Å². The van der Waals surface area contributed by atoms with Crippen molar-refractivity contribution in [1.29, 1.82) is 0 Å². The first-order valence-corrected chi connectivity index (χ1v) is 12.3. The molecule has 1 unspecified atom stereocenters. The van der Waals surface area contributed by atoms with Crippen LogP contribution in [0.4, 0.5) is 0 Å². The number of carbonyl (C=O) groups is 2. The van der Waals surface area contributed by atoms with Gasteiger partial charge in [0.1, 0.15) is 12.5 Å². The van der Waals surface area contributed by atoms with Crippen LogP contribution in [0.3, 0.4) is 0 Å². The maximum atomic E-state index is 13.1. The molecule has 2 aliphatic heterocycles. The van der Waals surface area contributed by atoms with Gasteiger partial charge in [0.05, 0.1) is 32.9 Å². The van der Waals surface area contributed by atoms with E-state index in [4.69, 9.17) is 13.7 Å². The zero-order valence-corrected chi connectivity index (χ0v) is 18.3. The van der Waals surface area contributed by atoms with Gasteiger partial charge in [0.15, 0.2) is 0 Å². The molecule has 168 valence electrons. The summed E-state index contributed by atoms with van der Waals surface area (Å²) >= 11 is 0. The number of nitrogens with one attached hydrogen (secondary N) is 1. The van der Waals surface area contributed by atoms with E-state index < -0.39 is 15.3 Å². The predicted molar refractivity (Wildman–Crippen MR) is 112 cm³/mol. The lowest BCUT2D eigenvalue weighted by atomic mass is 9.85. The number of carbonyl (C=O) groups excluding carboxylic acids is 2. The molecule has 0 aromatic carbocycles. The summed E-state index contributed by atoms with van der Waals surface area (Å²) in [5, 5.41) is 6.84. The van der Waals surface area contributed by atoms with Crippen LogP contribution in [0.25, 0.3) is 0 Å².